The molecule has 25 heavy (non-hydrogen) atoms. The van der Waals surface area contributed by atoms with Crippen LogP contribution in [0.15, 0.2) is 24.3 Å². The highest BCUT2D eigenvalue weighted by Crippen LogP contribution is 2.24. The predicted octanol–water partition coefficient (Wildman–Crippen LogP) is 6.53. The summed E-state index contributed by atoms with van der Waals surface area (Å²) >= 11 is 5.39. The number of carbonyl (C=O) groups excluding carboxylic acids is 1. The second-order valence-electron chi connectivity index (χ2n) is 8.35. The minimum absolute atomic E-state index is 0.271. The number of rotatable bonds is 12. The molecule has 1 N–H and O–H groups in total. The van der Waals surface area contributed by atoms with Gasteiger partial charge in [-0.15, -0.1) is 0 Å². The molecule has 142 valence electrons. The van der Waals surface area contributed by atoms with Gasteiger partial charge in [0.05, 0.1) is 0 Å². The summed E-state index contributed by atoms with van der Waals surface area (Å²) in [5, 5.41) is 3.26. The lowest BCUT2D eigenvalue weighted by Gasteiger charge is -2.22. The Morgan fingerprint density at radius 3 is 2.04 bits per heavy atom. The molecule has 1 aromatic carbocycles. The SMILES string of the molecule is CC(C)CC(C)CC(C)CC(C)CNc1ccc(CCC(=O)Cl)cc1. The van der Waals surface area contributed by atoms with Gasteiger partial charge in [-0.1, -0.05) is 46.8 Å². The topological polar surface area (TPSA) is 29.1 Å². The molecule has 3 atom stereocenters. The van der Waals surface area contributed by atoms with E-state index in [2.05, 4.69) is 64.2 Å². The lowest BCUT2D eigenvalue weighted by molar-refractivity contribution is -0.111. The fourth-order valence-corrected chi connectivity index (χ4v) is 3.87. The van der Waals surface area contributed by atoms with Crippen LogP contribution < -0.4 is 5.32 Å². The van der Waals surface area contributed by atoms with E-state index in [4.69, 9.17) is 11.6 Å². The van der Waals surface area contributed by atoms with Gasteiger partial charge >= 0.3 is 0 Å². The molecule has 1 rings (SSSR count). The van der Waals surface area contributed by atoms with Gasteiger partial charge in [-0.2, -0.15) is 0 Å². The molecule has 0 amide bonds. The number of benzene rings is 1. The van der Waals surface area contributed by atoms with Crippen molar-refractivity contribution in [2.75, 3.05) is 11.9 Å². The van der Waals surface area contributed by atoms with Crippen molar-refractivity contribution in [3.8, 4) is 0 Å². The van der Waals surface area contributed by atoms with E-state index in [9.17, 15) is 4.79 Å². The summed E-state index contributed by atoms with van der Waals surface area (Å²) < 4.78 is 0. The Kier molecular flexibility index (Phi) is 10.2. The Labute approximate surface area is 159 Å². The fraction of sp³-hybridized carbons (Fsp3) is 0.682. The minimum atomic E-state index is -0.271. The maximum Gasteiger partial charge on any atom is 0.221 e. The molecule has 0 spiro atoms. The number of nitrogens with one attached hydrogen (secondary N) is 1. The Morgan fingerprint density at radius 2 is 1.48 bits per heavy atom. The van der Waals surface area contributed by atoms with Crippen LogP contribution in [0.4, 0.5) is 5.69 Å². The Hall–Kier alpha value is -1.02. The van der Waals surface area contributed by atoms with Crippen molar-refractivity contribution in [1.29, 1.82) is 0 Å². The monoisotopic (exact) mass is 365 g/mol. The number of halogens is 1. The minimum Gasteiger partial charge on any atom is -0.385 e. The van der Waals surface area contributed by atoms with Gasteiger partial charge in [-0.05, 0) is 78.7 Å². The molecular formula is C22H36ClNO. The summed E-state index contributed by atoms with van der Waals surface area (Å²) in [6.45, 7) is 12.7. The lowest BCUT2D eigenvalue weighted by atomic mass is 9.86. The second kappa shape index (κ2) is 11.6. The normalized spacial score (nSPS) is 15.0. The Morgan fingerprint density at radius 1 is 0.920 bits per heavy atom. The zero-order valence-corrected chi connectivity index (χ0v) is 17.4. The van der Waals surface area contributed by atoms with Crippen molar-refractivity contribution < 1.29 is 4.79 Å². The van der Waals surface area contributed by atoms with E-state index in [0.717, 1.165) is 35.5 Å². The summed E-state index contributed by atoms with van der Waals surface area (Å²) in [6, 6.07) is 8.33. The standard InChI is InChI=1S/C22H36ClNO/c1-16(2)12-17(3)13-18(4)14-19(5)15-24-21-9-6-20(7-10-21)8-11-22(23)25/h6-7,9-10,16-19,24H,8,11-15H2,1-5H3. The van der Waals surface area contributed by atoms with Crippen LogP contribution in [0.1, 0.15) is 65.9 Å². The summed E-state index contributed by atoms with van der Waals surface area (Å²) in [5.74, 6) is 3.06. The first kappa shape index (κ1) is 22.0. The molecule has 1 aromatic rings. The highest BCUT2D eigenvalue weighted by atomic mass is 35.5. The molecule has 0 bridgehead atoms. The molecule has 0 aliphatic rings. The molecule has 0 saturated heterocycles. The molecule has 2 nitrogen and oxygen atoms in total. The van der Waals surface area contributed by atoms with Gasteiger partial charge in [0.25, 0.3) is 0 Å². The van der Waals surface area contributed by atoms with Crippen LogP contribution in [0, 0.1) is 23.7 Å². The van der Waals surface area contributed by atoms with E-state index in [1.165, 1.54) is 19.3 Å². The largest absolute Gasteiger partial charge is 0.385 e. The number of hydrogen-bond acceptors (Lipinski definition) is 2. The highest BCUT2D eigenvalue weighted by Gasteiger charge is 2.13. The molecule has 0 heterocycles. The third kappa shape index (κ3) is 10.5. The average Bonchev–Trinajstić information content (AvgIpc) is 2.50. The molecule has 0 saturated carbocycles. The van der Waals surface area contributed by atoms with Crippen molar-refractivity contribution in [3.63, 3.8) is 0 Å². The summed E-state index contributed by atoms with van der Waals surface area (Å²) in [4.78, 5) is 10.8. The second-order valence-corrected chi connectivity index (χ2v) is 8.77. The Balaban J connectivity index is 2.30. The van der Waals surface area contributed by atoms with Crippen LogP contribution in [-0.2, 0) is 11.2 Å². The first-order chi connectivity index (χ1) is 11.8. The maximum absolute atomic E-state index is 10.8. The van der Waals surface area contributed by atoms with E-state index in [0.29, 0.717) is 18.8 Å². The van der Waals surface area contributed by atoms with Crippen molar-refractivity contribution >= 4 is 22.5 Å². The van der Waals surface area contributed by atoms with Crippen molar-refractivity contribution in [2.45, 2.75) is 66.7 Å². The van der Waals surface area contributed by atoms with Gasteiger partial charge in [0, 0.05) is 18.7 Å². The molecule has 3 heteroatoms. The van der Waals surface area contributed by atoms with Gasteiger partial charge in [0.2, 0.25) is 5.24 Å². The third-order valence-corrected chi connectivity index (χ3v) is 4.89. The molecule has 0 aliphatic carbocycles. The molecule has 0 radical (unpaired) electrons. The maximum atomic E-state index is 10.8. The van der Waals surface area contributed by atoms with Gasteiger partial charge in [-0.3, -0.25) is 4.79 Å². The fourth-order valence-electron chi connectivity index (χ4n) is 3.78. The molecular weight excluding hydrogens is 330 g/mol. The number of anilines is 1. The molecule has 0 fully saturated rings. The molecule has 3 unspecified atom stereocenters. The Bertz CT molecular complexity index is 497. The summed E-state index contributed by atoms with van der Waals surface area (Å²) in [7, 11) is 0. The van der Waals surface area contributed by atoms with Crippen LogP contribution in [0.5, 0.6) is 0 Å². The number of carbonyl (C=O) groups is 1. The van der Waals surface area contributed by atoms with Gasteiger partial charge < -0.3 is 5.32 Å². The average molecular weight is 366 g/mol. The van der Waals surface area contributed by atoms with E-state index >= 15 is 0 Å². The number of hydrogen-bond donors (Lipinski definition) is 1. The summed E-state index contributed by atoms with van der Waals surface area (Å²) in [6.07, 6.45) is 5.05. The predicted molar refractivity (Wildman–Crippen MR) is 110 cm³/mol. The highest BCUT2D eigenvalue weighted by molar-refractivity contribution is 6.63. The first-order valence-corrected chi connectivity index (χ1v) is 10.1. The third-order valence-electron chi connectivity index (χ3n) is 4.70. The zero-order valence-electron chi connectivity index (χ0n) is 16.6. The van der Waals surface area contributed by atoms with Crippen LogP contribution in [0.25, 0.3) is 0 Å². The molecule has 0 aliphatic heterocycles. The van der Waals surface area contributed by atoms with Crippen molar-refractivity contribution in [1.82, 2.24) is 0 Å². The van der Waals surface area contributed by atoms with Crippen LogP contribution in [0.3, 0.4) is 0 Å². The smallest absolute Gasteiger partial charge is 0.221 e. The first-order valence-electron chi connectivity index (χ1n) is 9.77. The van der Waals surface area contributed by atoms with Crippen LogP contribution >= 0.6 is 11.6 Å². The zero-order chi connectivity index (χ0) is 18.8. The van der Waals surface area contributed by atoms with Crippen LogP contribution in [0.2, 0.25) is 0 Å². The van der Waals surface area contributed by atoms with E-state index in [1.807, 2.05) is 0 Å². The number of aryl methyl sites for hydroxylation is 1. The van der Waals surface area contributed by atoms with E-state index in [-0.39, 0.29) is 5.24 Å². The van der Waals surface area contributed by atoms with Gasteiger partial charge in [0.15, 0.2) is 0 Å². The van der Waals surface area contributed by atoms with E-state index < -0.39 is 0 Å². The van der Waals surface area contributed by atoms with Crippen molar-refractivity contribution in [3.05, 3.63) is 29.8 Å². The van der Waals surface area contributed by atoms with Crippen LogP contribution in [-0.4, -0.2) is 11.8 Å². The quantitative estimate of drug-likeness (QED) is 0.426. The lowest BCUT2D eigenvalue weighted by Crippen LogP contribution is -2.16. The van der Waals surface area contributed by atoms with Gasteiger partial charge in [-0.25, -0.2) is 0 Å². The summed E-state index contributed by atoms with van der Waals surface area (Å²) in [5.41, 5.74) is 2.30. The van der Waals surface area contributed by atoms with E-state index in [1.54, 1.807) is 0 Å². The molecule has 0 aromatic heterocycles. The van der Waals surface area contributed by atoms with Gasteiger partial charge in [0.1, 0.15) is 0 Å². The van der Waals surface area contributed by atoms with Crippen molar-refractivity contribution in [2.24, 2.45) is 23.7 Å².